The fourth-order valence-corrected chi connectivity index (χ4v) is 4.98. The number of rotatable bonds is 7. The number of hydrogen-bond donors (Lipinski definition) is 0. The van der Waals surface area contributed by atoms with Gasteiger partial charge in [-0.15, -0.1) is 0 Å². The molecule has 0 amide bonds. The Bertz CT molecular complexity index is 1010. The molecule has 9 heteroatoms. The smallest absolute Gasteiger partial charge is 0.416 e. The van der Waals surface area contributed by atoms with Crippen molar-refractivity contribution in [2.24, 2.45) is 5.92 Å². The lowest BCUT2D eigenvalue weighted by atomic mass is 9.61. The minimum absolute atomic E-state index is 0.0211. The molecule has 0 spiro atoms. The highest BCUT2D eigenvalue weighted by atomic mass is 19.4. The van der Waals surface area contributed by atoms with Gasteiger partial charge >= 0.3 is 12.4 Å². The predicted octanol–water partition coefficient (Wildman–Crippen LogP) is 6.51. The summed E-state index contributed by atoms with van der Waals surface area (Å²) in [4.78, 5) is 15.4. The Balaban J connectivity index is 1.33. The van der Waals surface area contributed by atoms with Crippen LogP contribution in [-0.2, 0) is 22.6 Å². The monoisotopic (exact) mass is 499 g/mol. The third-order valence-electron chi connectivity index (χ3n) is 7.14. The normalized spacial score (nSPS) is 20.8. The summed E-state index contributed by atoms with van der Waals surface area (Å²) in [5, 5.41) is 0. The number of alkyl halides is 6. The molecule has 1 saturated heterocycles. The van der Waals surface area contributed by atoms with Crippen molar-refractivity contribution in [3.05, 3.63) is 65.2 Å². The van der Waals surface area contributed by atoms with Crippen molar-refractivity contribution in [1.29, 1.82) is 0 Å². The first-order valence-corrected chi connectivity index (χ1v) is 11.7. The summed E-state index contributed by atoms with van der Waals surface area (Å²) in [6, 6.07) is 9.51. The maximum atomic E-state index is 13.3. The first-order chi connectivity index (χ1) is 16.5. The Morgan fingerprint density at radius 1 is 0.886 bits per heavy atom. The number of ketones is 1. The van der Waals surface area contributed by atoms with E-state index in [1.807, 2.05) is 0 Å². The van der Waals surface area contributed by atoms with Crippen LogP contribution in [0.2, 0.25) is 0 Å². The zero-order valence-corrected chi connectivity index (χ0v) is 19.1. The van der Waals surface area contributed by atoms with Crippen LogP contribution in [0.5, 0.6) is 5.75 Å². The van der Waals surface area contributed by atoms with Gasteiger partial charge in [-0.3, -0.25) is 9.69 Å². The number of likely N-dealkylation sites (tertiary alicyclic amines) is 1. The average molecular weight is 499 g/mol. The molecule has 3 nitrogen and oxygen atoms in total. The molecule has 2 aromatic rings. The molecule has 2 aliphatic rings. The Morgan fingerprint density at radius 2 is 1.46 bits per heavy atom. The van der Waals surface area contributed by atoms with Crippen LogP contribution in [0.25, 0.3) is 0 Å². The van der Waals surface area contributed by atoms with Crippen molar-refractivity contribution < 1.29 is 35.9 Å². The molecule has 1 atom stereocenters. The maximum Gasteiger partial charge on any atom is 0.416 e. The standard InChI is InChI=1S/C26H27F6NO2/c27-25(28,29)20-6-4-19(5-7-20)24(12-2-13-24)23(34)16-33-14-1-3-18(15-33)17-35-22-10-8-21(9-11-22)26(30,31)32/h4-11,18H,1-3,12-17H2. The molecular weight excluding hydrogens is 472 g/mol. The van der Waals surface area contributed by atoms with Gasteiger partial charge in [0.15, 0.2) is 5.78 Å². The van der Waals surface area contributed by atoms with Crippen LogP contribution in [0, 0.1) is 5.92 Å². The van der Waals surface area contributed by atoms with Crippen molar-refractivity contribution >= 4 is 5.78 Å². The van der Waals surface area contributed by atoms with Crippen LogP contribution >= 0.6 is 0 Å². The molecule has 0 aromatic heterocycles. The second-order valence-electron chi connectivity index (χ2n) is 9.51. The van der Waals surface area contributed by atoms with Gasteiger partial charge in [0.25, 0.3) is 0 Å². The van der Waals surface area contributed by atoms with E-state index in [4.69, 9.17) is 4.74 Å². The van der Waals surface area contributed by atoms with Gasteiger partial charge in [0.2, 0.25) is 0 Å². The Kier molecular flexibility index (Phi) is 7.18. The lowest BCUT2D eigenvalue weighted by Gasteiger charge is -2.43. The van der Waals surface area contributed by atoms with Gasteiger partial charge in [-0.25, -0.2) is 0 Å². The van der Waals surface area contributed by atoms with Gasteiger partial charge in [0.1, 0.15) is 5.75 Å². The number of hydrogen-bond acceptors (Lipinski definition) is 3. The van der Waals surface area contributed by atoms with Crippen molar-refractivity contribution in [3.8, 4) is 5.75 Å². The lowest BCUT2D eigenvalue weighted by Crippen LogP contribution is -2.49. The zero-order chi connectivity index (χ0) is 25.3. The number of benzene rings is 2. The molecule has 2 fully saturated rings. The lowest BCUT2D eigenvalue weighted by molar-refractivity contribution is -0.138. The quantitative estimate of drug-likeness (QED) is 0.407. The van der Waals surface area contributed by atoms with Gasteiger partial charge in [0.05, 0.1) is 29.7 Å². The van der Waals surface area contributed by atoms with Gasteiger partial charge in [0, 0.05) is 12.5 Å². The molecule has 35 heavy (non-hydrogen) atoms. The Hall–Kier alpha value is -2.55. The molecule has 1 heterocycles. The fourth-order valence-electron chi connectivity index (χ4n) is 4.98. The molecule has 190 valence electrons. The zero-order valence-electron chi connectivity index (χ0n) is 19.1. The van der Waals surface area contributed by atoms with Crippen LogP contribution in [0.15, 0.2) is 48.5 Å². The topological polar surface area (TPSA) is 29.5 Å². The fraction of sp³-hybridized carbons (Fsp3) is 0.500. The Morgan fingerprint density at radius 3 is 1.97 bits per heavy atom. The third-order valence-corrected chi connectivity index (χ3v) is 7.14. The Labute approximate surface area is 200 Å². The maximum absolute atomic E-state index is 13.3. The van der Waals surface area contributed by atoms with E-state index in [1.165, 1.54) is 24.3 Å². The molecular formula is C26H27F6NO2. The average Bonchev–Trinajstić information content (AvgIpc) is 2.77. The summed E-state index contributed by atoms with van der Waals surface area (Å²) in [6.07, 6.45) is -4.95. The predicted molar refractivity (Wildman–Crippen MR) is 118 cm³/mol. The summed E-state index contributed by atoms with van der Waals surface area (Å²) in [6.45, 7) is 1.92. The van der Waals surface area contributed by atoms with Gasteiger partial charge < -0.3 is 4.74 Å². The first-order valence-electron chi connectivity index (χ1n) is 11.7. The molecule has 2 aromatic carbocycles. The van der Waals surface area contributed by atoms with E-state index >= 15 is 0 Å². The minimum Gasteiger partial charge on any atom is -0.493 e. The summed E-state index contributed by atoms with van der Waals surface area (Å²) >= 11 is 0. The van der Waals surface area contributed by atoms with Crippen LogP contribution in [-0.4, -0.2) is 36.9 Å². The van der Waals surface area contributed by atoms with Crippen molar-refractivity contribution in [2.45, 2.75) is 49.9 Å². The van der Waals surface area contributed by atoms with Crippen molar-refractivity contribution in [1.82, 2.24) is 4.90 Å². The number of nitrogens with zero attached hydrogens (tertiary/aromatic N) is 1. The van der Waals surface area contributed by atoms with Crippen molar-refractivity contribution in [3.63, 3.8) is 0 Å². The summed E-state index contributed by atoms with van der Waals surface area (Å²) in [5.41, 5.74) is -1.55. The van der Waals surface area contributed by atoms with E-state index in [0.717, 1.165) is 50.1 Å². The number of carbonyl (C=O) groups excluding carboxylic acids is 1. The van der Waals surface area contributed by atoms with E-state index in [0.29, 0.717) is 37.3 Å². The number of Topliss-reactive ketones (excluding diaryl/α,β-unsaturated/α-hetero) is 1. The van der Waals surface area contributed by atoms with E-state index in [9.17, 15) is 31.1 Å². The van der Waals surface area contributed by atoms with E-state index in [1.54, 1.807) is 0 Å². The van der Waals surface area contributed by atoms with E-state index < -0.39 is 28.9 Å². The summed E-state index contributed by atoms with van der Waals surface area (Å²) in [7, 11) is 0. The third kappa shape index (κ3) is 5.82. The number of halogens is 6. The van der Waals surface area contributed by atoms with Crippen molar-refractivity contribution in [2.75, 3.05) is 26.2 Å². The highest BCUT2D eigenvalue weighted by Gasteiger charge is 2.46. The second-order valence-corrected chi connectivity index (χ2v) is 9.51. The molecule has 1 aliphatic heterocycles. The molecule has 0 N–H and O–H groups in total. The molecule has 0 radical (unpaired) electrons. The van der Waals surface area contributed by atoms with E-state index in [-0.39, 0.29) is 18.2 Å². The first kappa shape index (κ1) is 25.5. The number of piperidine rings is 1. The molecule has 1 aliphatic carbocycles. The highest BCUT2D eigenvalue weighted by molar-refractivity contribution is 5.92. The molecule has 0 bridgehead atoms. The van der Waals surface area contributed by atoms with E-state index in [2.05, 4.69) is 4.90 Å². The molecule has 4 rings (SSSR count). The largest absolute Gasteiger partial charge is 0.493 e. The molecule has 1 saturated carbocycles. The van der Waals surface area contributed by atoms with Crippen LogP contribution in [0.3, 0.4) is 0 Å². The summed E-state index contributed by atoms with van der Waals surface area (Å²) < 4.78 is 82.6. The van der Waals surface area contributed by atoms with Gasteiger partial charge in [-0.1, -0.05) is 18.6 Å². The van der Waals surface area contributed by atoms with Gasteiger partial charge in [-0.05, 0) is 74.2 Å². The second kappa shape index (κ2) is 9.84. The molecule has 1 unspecified atom stereocenters. The van der Waals surface area contributed by atoms with Gasteiger partial charge in [-0.2, -0.15) is 26.3 Å². The highest BCUT2D eigenvalue weighted by Crippen LogP contribution is 2.45. The van der Waals surface area contributed by atoms with Crippen LogP contribution in [0.4, 0.5) is 26.3 Å². The number of ether oxygens (including phenoxy) is 1. The van der Waals surface area contributed by atoms with Crippen LogP contribution in [0.1, 0.15) is 48.8 Å². The van der Waals surface area contributed by atoms with Crippen LogP contribution < -0.4 is 4.74 Å². The summed E-state index contributed by atoms with van der Waals surface area (Å²) in [5.74, 6) is 0.511. The number of carbonyl (C=O) groups is 1. The SMILES string of the molecule is O=C(CN1CCCC(COc2ccc(C(F)(F)F)cc2)C1)C1(c2ccc(C(F)(F)F)cc2)CCC1. The minimum atomic E-state index is -4.42.